The summed E-state index contributed by atoms with van der Waals surface area (Å²) in [5.41, 5.74) is 6.55. The summed E-state index contributed by atoms with van der Waals surface area (Å²) in [5.74, 6) is 0.624. The van der Waals surface area contributed by atoms with Gasteiger partial charge in [0, 0.05) is 12.1 Å². The zero-order valence-electron chi connectivity index (χ0n) is 14.0. The van der Waals surface area contributed by atoms with E-state index >= 15 is 0 Å². The molecule has 1 aliphatic rings. The Morgan fingerprint density at radius 3 is 2.60 bits per heavy atom. The summed E-state index contributed by atoms with van der Waals surface area (Å²) in [6, 6.07) is 7.42. The zero-order valence-corrected chi connectivity index (χ0v) is 15.6. The molecule has 0 radical (unpaired) electrons. The van der Waals surface area contributed by atoms with Crippen molar-refractivity contribution in [2.75, 3.05) is 7.11 Å². The van der Waals surface area contributed by atoms with Gasteiger partial charge in [-0.2, -0.15) is 5.10 Å². The molecule has 3 rings (SSSR count). The number of ether oxygens (including phenoxy) is 1. The SMILES string of the molecule is COc1ccccc1-n1cc(S(=O)(=O)NC2CCC(N)CC2)cn1.Cl. The first-order chi connectivity index (χ1) is 11.5. The quantitative estimate of drug-likeness (QED) is 0.816. The summed E-state index contributed by atoms with van der Waals surface area (Å²) in [6.45, 7) is 0. The average molecular weight is 387 g/mol. The van der Waals surface area contributed by atoms with Gasteiger partial charge in [0.2, 0.25) is 10.0 Å². The molecule has 0 amide bonds. The maximum absolute atomic E-state index is 12.6. The molecule has 2 aromatic rings. The van der Waals surface area contributed by atoms with Crippen molar-refractivity contribution < 1.29 is 13.2 Å². The van der Waals surface area contributed by atoms with E-state index in [0.29, 0.717) is 11.4 Å². The third-order valence-electron chi connectivity index (χ3n) is 4.29. The Morgan fingerprint density at radius 1 is 1.24 bits per heavy atom. The van der Waals surface area contributed by atoms with Gasteiger partial charge < -0.3 is 10.5 Å². The van der Waals surface area contributed by atoms with Crippen LogP contribution in [0.4, 0.5) is 0 Å². The molecule has 1 heterocycles. The molecule has 138 valence electrons. The summed E-state index contributed by atoms with van der Waals surface area (Å²) in [6.07, 6.45) is 6.06. The Bertz CT molecular complexity index is 801. The minimum atomic E-state index is -3.60. The van der Waals surface area contributed by atoms with E-state index in [-0.39, 0.29) is 29.4 Å². The van der Waals surface area contributed by atoms with Crippen molar-refractivity contribution in [3.8, 4) is 11.4 Å². The van der Waals surface area contributed by atoms with E-state index < -0.39 is 10.0 Å². The Kier molecular flexibility index (Phi) is 6.45. The second kappa shape index (κ2) is 8.18. The van der Waals surface area contributed by atoms with E-state index in [1.165, 1.54) is 17.1 Å². The predicted octanol–water partition coefficient (Wildman–Crippen LogP) is 1.85. The van der Waals surface area contributed by atoms with Gasteiger partial charge >= 0.3 is 0 Å². The largest absolute Gasteiger partial charge is 0.494 e. The highest BCUT2D eigenvalue weighted by Crippen LogP contribution is 2.23. The van der Waals surface area contributed by atoms with Crippen LogP contribution in [-0.4, -0.2) is 37.4 Å². The van der Waals surface area contributed by atoms with Crippen molar-refractivity contribution in [1.29, 1.82) is 0 Å². The Labute approximate surface area is 154 Å². The first-order valence-electron chi connectivity index (χ1n) is 7.95. The molecule has 25 heavy (non-hydrogen) atoms. The number of benzene rings is 1. The van der Waals surface area contributed by atoms with Gasteiger partial charge in [-0.05, 0) is 37.8 Å². The van der Waals surface area contributed by atoms with E-state index in [1.54, 1.807) is 13.2 Å². The van der Waals surface area contributed by atoms with Gasteiger partial charge in [-0.1, -0.05) is 12.1 Å². The number of aromatic nitrogens is 2. The molecule has 0 unspecified atom stereocenters. The molecule has 1 aromatic heterocycles. The molecule has 0 aliphatic heterocycles. The number of hydrogen-bond donors (Lipinski definition) is 2. The lowest BCUT2D eigenvalue weighted by Crippen LogP contribution is -2.40. The van der Waals surface area contributed by atoms with E-state index in [2.05, 4.69) is 9.82 Å². The monoisotopic (exact) mass is 386 g/mol. The topological polar surface area (TPSA) is 99.2 Å². The van der Waals surface area contributed by atoms with Gasteiger partial charge in [-0.3, -0.25) is 0 Å². The van der Waals surface area contributed by atoms with E-state index in [1.807, 2.05) is 18.2 Å². The van der Waals surface area contributed by atoms with Crippen molar-refractivity contribution >= 4 is 22.4 Å². The molecular formula is C16H23ClN4O3S. The minimum absolute atomic E-state index is 0. The van der Waals surface area contributed by atoms with Crippen LogP contribution in [0.15, 0.2) is 41.6 Å². The third-order valence-corrected chi connectivity index (χ3v) is 5.77. The van der Waals surface area contributed by atoms with Gasteiger partial charge in [0.1, 0.15) is 16.3 Å². The molecule has 0 atom stereocenters. The first kappa shape index (κ1) is 19.7. The second-order valence-electron chi connectivity index (χ2n) is 6.03. The van der Waals surface area contributed by atoms with Crippen LogP contribution in [0.25, 0.3) is 5.69 Å². The predicted molar refractivity (Wildman–Crippen MR) is 97.9 cm³/mol. The standard InChI is InChI=1S/C16H22N4O3S.ClH/c1-23-16-5-3-2-4-15(16)20-11-14(10-18-20)24(21,22)19-13-8-6-12(17)7-9-13;/h2-5,10-13,19H,6-9,17H2,1H3;1H. The molecule has 1 fully saturated rings. The number of nitrogens with zero attached hydrogens (tertiary/aromatic N) is 2. The van der Waals surface area contributed by atoms with E-state index in [9.17, 15) is 8.42 Å². The summed E-state index contributed by atoms with van der Waals surface area (Å²) in [5, 5.41) is 4.16. The number of nitrogens with two attached hydrogens (primary N) is 1. The van der Waals surface area contributed by atoms with E-state index in [4.69, 9.17) is 10.5 Å². The van der Waals surface area contributed by atoms with Crippen LogP contribution in [0, 0.1) is 0 Å². The number of rotatable bonds is 5. The molecule has 0 spiro atoms. The number of nitrogens with one attached hydrogen (secondary N) is 1. The van der Waals surface area contributed by atoms with Crippen molar-refractivity contribution in [1.82, 2.24) is 14.5 Å². The normalized spacial score (nSPS) is 20.7. The number of halogens is 1. The number of hydrogen-bond acceptors (Lipinski definition) is 5. The number of para-hydroxylation sites is 2. The van der Waals surface area contributed by atoms with Crippen LogP contribution in [0.1, 0.15) is 25.7 Å². The van der Waals surface area contributed by atoms with Gasteiger partial charge in [0.25, 0.3) is 0 Å². The Balaban J connectivity index is 0.00000225. The van der Waals surface area contributed by atoms with Gasteiger partial charge in [0.05, 0.1) is 19.5 Å². The third kappa shape index (κ3) is 4.52. The van der Waals surface area contributed by atoms with Crippen LogP contribution in [0.3, 0.4) is 0 Å². The fraction of sp³-hybridized carbons (Fsp3) is 0.438. The maximum atomic E-state index is 12.6. The highest BCUT2D eigenvalue weighted by molar-refractivity contribution is 7.89. The molecule has 1 aliphatic carbocycles. The van der Waals surface area contributed by atoms with Crippen LogP contribution >= 0.6 is 12.4 Å². The molecular weight excluding hydrogens is 364 g/mol. The lowest BCUT2D eigenvalue weighted by atomic mass is 9.93. The average Bonchev–Trinajstić information content (AvgIpc) is 3.07. The maximum Gasteiger partial charge on any atom is 0.243 e. The second-order valence-corrected chi connectivity index (χ2v) is 7.74. The number of sulfonamides is 1. The highest BCUT2D eigenvalue weighted by atomic mass is 35.5. The van der Waals surface area contributed by atoms with Gasteiger partial charge in [-0.25, -0.2) is 17.8 Å². The summed E-state index contributed by atoms with van der Waals surface area (Å²) < 4.78 is 34.7. The van der Waals surface area contributed by atoms with Crippen molar-refractivity contribution in [2.45, 2.75) is 42.7 Å². The minimum Gasteiger partial charge on any atom is -0.494 e. The van der Waals surface area contributed by atoms with Crippen LogP contribution in [0.2, 0.25) is 0 Å². The molecule has 9 heteroatoms. The summed E-state index contributed by atoms with van der Waals surface area (Å²) >= 11 is 0. The lowest BCUT2D eigenvalue weighted by molar-refractivity contribution is 0.373. The molecule has 0 saturated heterocycles. The van der Waals surface area contributed by atoms with Crippen molar-refractivity contribution in [3.63, 3.8) is 0 Å². The highest BCUT2D eigenvalue weighted by Gasteiger charge is 2.25. The smallest absolute Gasteiger partial charge is 0.243 e. The molecule has 7 nitrogen and oxygen atoms in total. The summed E-state index contributed by atoms with van der Waals surface area (Å²) in [7, 11) is -2.03. The van der Waals surface area contributed by atoms with Crippen LogP contribution in [-0.2, 0) is 10.0 Å². The first-order valence-corrected chi connectivity index (χ1v) is 9.44. The summed E-state index contributed by atoms with van der Waals surface area (Å²) in [4.78, 5) is 0.142. The zero-order chi connectivity index (χ0) is 17.2. The lowest BCUT2D eigenvalue weighted by Gasteiger charge is -2.26. The Morgan fingerprint density at radius 2 is 1.92 bits per heavy atom. The van der Waals surface area contributed by atoms with Gasteiger partial charge in [0.15, 0.2) is 0 Å². The van der Waals surface area contributed by atoms with Crippen molar-refractivity contribution in [2.24, 2.45) is 5.73 Å². The fourth-order valence-corrected chi connectivity index (χ4v) is 4.16. The van der Waals surface area contributed by atoms with E-state index in [0.717, 1.165) is 25.7 Å². The van der Waals surface area contributed by atoms with Crippen molar-refractivity contribution in [3.05, 3.63) is 36.7 Å². The molecule has 3 N–H and O–H groups in total. The Hall–Kier alpha value is -1.61. The van der Waals surface area contributed by atoms with Crippen LogP contribution in [0.5, 0.6) is 5.75 Å². The molecule has 1 saturated carbocycles. The molecule has 0 bridgehead atoms. The fourth-order valence-electron chi connectivity index (χ4n) is 2.92. The molecule has 1 aromatic carbocycles. The van der Waals surface area contributed by atoms with Crippen LogP contribution < -0.4 is 15.2 Å². The number of methoxy groups -OCH3 is 1. The van der Waals surface area contributed by atoms with Gasteiger partial charge in [-0.15, -0.1) is 12.4 Å².